The summed E-state index contributed by atoms with van der Waals surface area (Å²) in [6.07, 6.45) is 5.63. The smallest absolute Gasteiger partial charge is 0.332 e. The molecule has 5 nitrogen and oxygen atoms in total. The summed E-state index contributed by atoms with van der Waals surface area (Å²) in [6, 6.07) is 0.351. The van der Waals surface area contributed by atoms with Gasteiger partial charge in [0.1, 0.15) is 0 Å². The van der Waals surface area contributed by atoms with Gasteiger partial charge in [-0.1, -0.05) is 6.08 Å². The standard InChI is InChI=1S/C14H16INO4/c1-19-13(18)10-2-3-11-14-6-7(16(10)11)4-9(15)8(14)5-12(17)20-14/h4-5,7,10-11,13,18H,2-3,6H2,1H3. The minimum atomic E-state index is -0.786. The van der Waals surface area contributed by atoms with Crippen molar-refractivity contribution in [3.8, 4) is 0 Å². The van der Waals surface area contributed by atoms with Gasteiger partial charge in [0, 0.05) is 34.8 Å². The molecule has 108 valence electrons. The van der Waals surface area contributed by atoms with E-state index < -0.39 is 11.9 Å². The number of carbonyl (C=O) groups is 1. The average molecular weight is 389 g/mol. The predicted molar refractivity (Wildman–Crippen MR) is 79.1 cm³/mol. The highest BCUT2D eigenvalue weighted by atomic mass is 127. The van der Waals surface area contributed by atoms with Gasteiger partial charge < -0.3 is 14.6 Å². The first kappa shape index (κ1) is 13.2. The van der Waals surface area contributed by atoms with E-state index in [1.54, 1.807) is 6.08 Å². The maximum atomic E-state index is 11.8. The Morgan fingerprint density at radius 1 is 1.60 bits per heavy atom. The zero-order chi connectivity index (χ0) is 14.1. The van der Waals surface area contributed by atoms with Crippen LogP contribution in [0.15, 0.2) is 21.3 Å². The molecule has 0 aromatic carbocycles. The normalized spacial score (nSPS) is 43.8. The molecule has 0 aromatic heterocycles. The number of aliphatic hydroxyl groups is 1. The summed E-state index contributed by atoms with van der Waals surface area (Å²) in [4.78, 5) is 14.1. The third-order valence-electron chi connectivity index (χ3n) is 5.08. The summed E-state index contributed by atoms with van der Waals surface area (Å²) in [5, 5.41) is 10.1. The van der Waals surface area contributed by atoms with Crippen LogP contribution in [0.3, 0.4) is 0 Å². The lowest BCUT2D eigenvalue weighted by Crippen LogP contribution is -2.47. The summed E-state index contributed by atoms with van der Waals surface area (Å²) < 4.78 is 12.0. The quantitative estimate of drug-likeness (QED) is 0.436. The first-order chi connectivity index (χ1) is 9.56. The van der Waals surface area contributed by atoms with Gasteiger partial charge >= 0.3 is 5.97 Å². The van der Waals surface area contributed by atoms with Gasteiger partial charge in [-0.25, -0.2) is 4.79 Å². The molecule has 0 amide bonds. The molecular weight excluding hydrogens is 373 g/mol. The van der Waals surface area contributed by atoms with Crippen molar-refractivity contribution in [2.75, 3.05) is 7.11 Å². The van der Waals surface area contributed by atoms with Crippen LogP contribution >= 0.6 is 22.6 Å². The summed E-state index contributed by atoms with van der Waals surface area (Å²) >= 11 is 2.28. The fraction of sp³-hybridized carbons (Fsp3) is 0.643. The van der Waals surface area contributed by atoms with Crippen LogP contribution in [0.2, 0.25) is 0 Å². The lowest BCUT2D eigenvalue weighted by atomic mass is 9.81. The minimum absolute atomic E-state index is 0.0199. The first-order valence-corrected chi connectivity index (χ1v) is 7.96. The third kappa shape index (κ3) is 1.51. The average Bonchev–Trinajstić information content (AvgIpc) is 3.04. The van der Waals surface area contributed by atoms with E-state index >= 15 is 0 Å². The highest BCUT2D eigenvalue weighted by Gasteiger charge is 2.65. The molecule has 4 aliphatic rings. The molecular formula is C14H16INO4. The second kappa shape index (κ2) is 4.28. The van der Waals surface area contributed by atoms with Gasteiger partial charge in [-0.2, -0.15) is 0 Å². The number of ether oxygens (including phenoxy) is 2. The molecule has 2 bridgehead atoms. The summed E-state index contributed by atoms with van der Waals surface area (Å²) in [6.45, 7) is 0. The molecule has 0 aromatic rings. The molecule has 3 heterocycles. The van der Waals surface area contributed by atoms with Crippen LogP contribution in [0.5, 0.6) is 0 Å². The zero-order valence-corrected chi connectivity index (χ0v) is 13.2. The number of hydrogen-bond donors (Lipinski definition) is 1. The molecule has 4 rings (SSSR count). The molecule has 20 heavy (non-hydrogen) atoms. The monoisotopic (exact) mass is 389 g/mol. The molecule has 1 aliphatic carbocycles. The van der Waals surface area contributed by atoms with Crippen LogP contribution in [-0.2, 0) is 14.3 Å². The number of esters is 1. The van der Waals surface area contributed by atoms with Crippen LogP contribution in [-0.4, -0.2) is 53.1 Å². The fourth-order valence-corrected chi connectivity index (χ4v) is 5.41. The number of carbonyl (C=O) groups excluding carboxylic acids is 1. The minimum Gasteiger partial charge on any atom is -0.449 e. The number of hydrogen-bond acceptors (Lipinski definition) is 5. The van der Waals surface area contributed by atoms with Crippen molar-refractivity contribution in [1.29, 1.82) is 0 Å². The maximum absolute atomic E-state index is 11.8. The largest absolute Gasteiger partial charge is 0.449 e. The Morgan fingerprint density at radius 3 is 3.15 bits per heavy atom. The Balaban J connectivity index is 1.77. The van der Waals surface area contributed by atoms with E-state index in [1.807, 2.05) is 0 Å². The van der Waals surface area contributed by atoms with Crippen LogP contribution in [0.1, 0.15) is 19.3 Å². The molecule has 2 saturated heterocycles. The Bertz CT molecular complexity index is 545. The van der Waals surface area contributed by atoms with Crippen LogP contribution in [0.4, 0.5) is 0 Å². The van der Waals surface area contributed by atoms with Crippen molar-refractivity contribution < 1.29 is 19.4 Å². The van der Waals surface area contributed by atoms with Gasteiger partial charge in [0.2, 0.25) is 0 Å². The molecule has 1 spiro atoms. The second-order valence-electron chi connectivity index (χ2n) is 5.89. The van der Waals surface area contributed by atoms with E-state index in [1.165, 1.54) is 7.11 Å². The van der Waals surface area contributed by atoms with Crippen molar-refractivity contribution >= 4 is 28.6 Å². The van der Waals surface area contributed by atoms with Crippen LogP contribution < -0.4 is 0 Å². The molecule has 2 fully saturated rings. The van der Waals surface area contributed by atoms with Crippen molar-refractivity contribution in [3.63, 3.8) is 0 Å². The first-order valence-electron chi connectivity index (χ1n) is 6.88. The van der Waals surface area contributed by atoms with Gasteiger partial charge in [-0.05, 0) is 35.4 Å². The number of halogens is 1. The van der Waals surface area contributed by atoms with E-state index in [2.05, 4.69) is 33.6 Å². The SMILES string of the molecule is COC(O)C1CCC2N1C1C=C(I)C3=CC(=O)OC32C1. The third-order valence-corrected chi connectivity index (χ3v) is 6.02. The number of methoxy groups -OCH3 is 1. The van der Waals surface area contributed by atoms with Gasteiger partial charge in [-0.15, -0.1) is 0 Å². The topological polar surface area (TPSA) is 59.0 Å². The Labute approximate surface area is 130 Å². The van der Waals surface area contributed by atoms with Crippen molar-refractivity contribution in [3.05, 3.63) is 21.3 Å². The molecule has 1 N–H and O–H groups in total. The number of nitrogens with zero attached hydrogens (tertiary/aromatic N) is 1. The number of rotatable bonds is 2. The lowest BCUT2D eigenvalue weighted by molar-refractivity contribution is -0.148. The van der Waals surface area contributed by atoms with E-state index in [4.69, 9.17) is 9.47 Å². The van der Waals surface area contributed by atoms with Crippen LogP contribution in [0, 0.1) is 0 Å². The predicted octanol–water partition coefficient (Wildman–Crippen LogP) is 1.11. The van der Waals surface area contributed by atoms with E-state index in [0.717, 1.165) is 28.4 Å². The molecule has 0 saturated carbocycles. The van der Waals surface area contributed by atoms with Gasteiger partial charge in [0.25, 0.3) is 0 Å². The Kier molecular flexibility index (Phi) is 2.83. The maximum Gasteiger partial charge on any atom is 0.332 e. The van der Waals surface area contributed by atoms with Gasteiger partial charge in [-0.3, -0.25) is 4.90 Å². The second-order valence-corrected chi connectivity index (χ2v) is 7.05. The molecule has 5 atom stereocenters. The van der Waals surface area contributed by atoms with E-state index in [9.17, 15) is 9.90 Å². The summed E-state index contributed by atoms with van der Waals surface area (Å²) in [7, 11) is 1.53. The summed E-state index contributed by atoms with van der Waals surface area (Å²) in [5.41, 5.74) is 0.536. The van der Waals surface area contributed by atoms with Crippen molar-refractivity contribution in [2.45, 2.75) is 49.3 Å². The summed E-state index contributed by atoms with van der Waals surface area (Å²) in [5.74, 6) is -0.235. The van der Waals surface area contributed by atoms with Crippen molar-refractivity contribution in [1.82, 2.24) is 4.90 Å². The van der Waals surface area contributed by atoms with Gasteiger partial charge in [0.05, 0.1) is 12.1 Å². The fourth-order valence-electron chi connectivity index (χ4n) is 4.39. The van der Waals surface area contributed by atoms with Gasteiger partial charge in [0.15, 0.2) is 11.9 Å². The molecule has 3 aliphatic heterocycles. The zero-order valence-electron chi connectivity index (χ0n) is 11.1. The molecule has 0 radical (unpaired) electrons. The highest BCUT2D eigenvalue weighted by molar-refractivity contribution is 14.1. The van der Waals surface area contributed by atoms with Crippen LogP contribution in [0.25, 0.3) is 0 Å². The molecule has 5 unspecified atom stereocenters. The Hall–Kier alpha value is -0.440. The highest BCUT2D eigenvalue weighted by Crippen LogP contribution is 2.56. The van der Waals surface area contributed by atoms with E-state index in [0.29, 0.717) is 0 Å². The Morgan fingerprint density at radius 2 is 2.40 bits per heavy atom. The number of aliphatic hydroxyl groups excluding tert-OH is 1. The lowest BCUT2D eigenvalue weighted by Gasteiger charge is -2.33. The molecule has 6 heteroatoms. The number of fused-ring (bicyclic) bond motifs is 3. The van der Waals surface area contributed by atoms with E-state index in [-0.39, 0.29) is 24.1 Å². The van der Waals surface area contributed by atoms with Crippen molar-refractivity contribution in [2.24, 2.45) is 0 Å².